The number of hydrogen-bond donors (Lipinski definition) is 3. The molecule has 0 aliphatic heterocycles. The van der Waals surface area contributed by atoms with Crippen LogP contribution in [0.25, 0.3) is 0 Å². The SMILES string of the molecule is CCCC(=O)Nc1cccc(CNC(=NC)NCc2nc(C)c(C)o2)c1. The van der Waals surface area contributed by atoms with Gasteiger partial charge in [-0.2, -0.15) is 0 Å². The molecule has 0 aliphatic carbocycles. The fourth-order valence-corrected chi connectivity index (χ4v) is 2.39. The van der Waals surface area contributed by atoms with Gasteiger partial charge in [-0.05, 0) is 38.0 Å². The van der Waals surface area contributed by atoms with Crippen molar-refractivity contribution in [3.8, 4) is 0 Å². The lowest BCUT2D eigenvalue weighted by molar-refractivity contribution is -0.116. The van der Waals surface area contributed by atoms with Crippen LogP contribution in [0.2, 0.25) is 0 Å². The number of amides is 1. The topological polar surface area (TPSA) is 91.5 Å². The number of nitrogens with zero attached hydrogens (tertiary/aromatic N) is 2. The minimum atomic E-state index is 0.0339. The van der Waals surface area contributed by atoms with Gasteiger partial charge < -0.3 is 20.4 Å². The van der Waals surface area contributed by atoms with Crippen LogP contribution >= 0.6 is 0 Å². The molecule has 0 spiro atoms. The van der Waals surface area contributed by atoms with Crippen LogP contribution in [0.5, 0.6) is 0 Å². The molecule has 7 nitrogen and oxygen atoms in total. The fourth-order valence-electron chi connectivity index (χ4n) is 2.39. The molecule has 0 fully saturated rings. The average molecular weight is 357 g/mol. The molecular formula is C19H27N5O2. The Morgan fingerprint density at radius 1 is 1.23 bits per heavy atom. The summed E-state index contributed by atoms with van der Waals surface area (Å²) >= 11 is 0. The molecule has 140 valence electrons. The minimum Gasteiger partial charge on any atom is -0.444 e. The first kappa shape index (κ1) is 19.5. The summed E-state index contributed by atoms with van der Waals surface area (Å²) in [7, 11) is 1.71. The second-order valence-electron chi connectivity index (χ2n) is 6.03. The number of aliphatic imine (C=N–C) groups is 1. The largest absolute Gasteiger partial charge is 0.444 e. The molecule has 1 amide bonds. The third-order valence-electron chi connectivity index (χ3n) is 3.85. The predicted molar refractivity (Wildman–Crippen MR) is 103 cm³/mol. The van der Waals surface area contributed by atoms with Crippen molar-refractivity contribution in [1.29, 1.82) is 0 Å². The van der Waals surface area contributed by atoms with Gasteiger partial charge in [-0.25, -0.2) is 4.98 Å². The fraction of sp³-hybridized carbons (Fsp3) is 0.421. The van der Waals surface area contributed by atoms with Gasteiger partial charge in [0.1, 0.15) is 5.76 Å². The number of guanidine groups is 1. The molecule has 2 aromatic rings. The van der Waals surface area contributed by atoms with Crippen molar-refractivity contribution in [2.45, 2.75) is 46.7 Å². The van der Waals surface area contributed by atoms with Crippen LogP contribution in [0, 0.1) is 13.8 Å². The standard InChI is InChI=1S/C19H27N5O2/c1-5-7-17(25)24-16-9-6-8-15(10-16)11-21-19(20-4)22-12-18-23-13(2)14(3)26-18/h6,8-10H,5,7,11-12H2,1-4H3,(H,24,25)(H2,20,21,22). The average Bonchev–Trinajstić information content (AvgIpc) is 2.93. The van der Waals surface area contributed by atoms with Gasteiger partial charge in [0.15, 0.2) is 5.96 Å². The van der Waals surface area contributed by atoms with Crippen LogP contribution in [-0.4, -0.2) is 23.9 Å². The molecule has 0 aliphatic rings. The predicted octanol–water partition coefficient (Wildman–Crippen LogP) is 2.90. The number of aryl methyl sites for hydroxylation is 2. The maximum Gasteiger partial charge on any atom is 0.224 e. The van der Waals surface area contributed by atoms with E-state index in [1.165, 1.54) is 0 Å². The molecule has 7 heteroatoms. The normalized spacial score (nSPS) is 11.3. The van der Waals surface area contributed by atoms with Gasteiger partial charge in [0.05, 0.1) is 12.2 Å². The minimum absolute atomic E-state index is 0.0339. The summed E-state index contributed by atoms with van der Waals surface area (Å²) < 4.78 is 5.55. The number of aromatic nitrogens is 1. The molecule has 2 rings (SSSR count). The Balaban J connectivity index is 1.86. The van der Waals surface area contributed by atoms with E-state index < -0.39 is 0 Å². The Morgan fingerprint density at radius 3 is 2.65 bits per heavy atom. The first-order chi connectivity index (χ1) is 12.5. The Kier molecular flexibility index (Phi) is 7.20. The zero-order chi connectivity index (χ0) is 18.9. The highest BCUT2D eigenvalue weighted by Gasteiger charge is 2.07. The highest BCUT2D eigenvalue weighted by Crippen LogP contribution is 2.11. The van der Waals surface area contributed by atoms with Crippen molar-refractivity contribution in [2.75, 3.05) is 12.4 Å². The second kappa shape index (κ2) is 9.60. The monoisotopic (exact) mass is 357 g/mol. The summed E-state index contributed by atoms with van der Waals surface area (Å²) in [6, 6.07) is 7.76. The maximum absolute atomic E-state index is 11.7. The number of nitrogens with one attached hydrogen (secondary N) is 3. The first-order valence-electron chi connectivity index (χ1n) is 8.78. The van der Waals surface area contributed by atoms with E-state index in [0.717, 1.165) is 29.1 Å². The summed E-state index contributed by atoms with van der Waals surface area (Å²) in [6.07, 6.45) is 1.36. The number of hydrogen-bond acceptors (Lipinski definition) is 4. The second-order valence-corrected chi connectivity index (χ2v) is 6.03. The van der Waals surface area contributed by atoms with E-state index in [2.05, 4.69) is 25.9 Å². The van der Waals surface area contributed by atoms with Gasteiger partial charge in [-0.3, -0.25) is 9.79 Å². The van der Waals surface area contributed by atoms with Crippen molar-refractivity contribution in [2.24, 2.45) is 4.99 Å². The third kappa shape index (κ3) is 5.91. The highest BCUT2D eigenvalue weighted by molar-refractivity contribution is 5.90. The number of rotatable bonds is 7. The van der Waals surface area contributed by atoms with Crippen LogP contribution in [0.1, 0.15) is 42.7 Å². The van der Waals surface area contributed by atoms with Gasteiger partial charge in [-0.1, -0.05) is 19.1 Å². The van der Waals surface area contributed by atoms with Crippen molar-refractivity contribution in [3.05, 3.63) is 47.2 Å². The number of carbonyl (C=O) groups is 1. The summed E-state index contributed by atoms with van der Waals surface area (Å²) in [4.78, 5) is 20.2. The van der Waals surface area contributed by atoms with E-state index in [1.54, 1.807) is 7.05 Å². The lowest BCUT2D eigenvalue weighted by Gasteiger charge is -2.12. The molecule has 0 saturated carbocycles. The molecule has 3 N–H and O–H groups in total. The molecule has 0 radical (unpaired) electrons. The van der Waals surface area contributed by atoms with E-state index in [1.807, 2.05) is 45.0 Å². The van der Waals surface area contributed by atoms with Gasteiger partial charge in [0.2, 0.25) is 11.8 Å². The molecule has 1 aromatic heterocycles. The molecule has 0 bridgehead atoms. The van der Waals surface area contributed by atoms with Crippen molar-refractivity contribution < 1.29 is 9.21 Å². The smallest absolute Gasteiger partial charge is 0.224 e. The number of oxazole rings is 1. The van der Waals surface area contributed by atoms with Gasteiger partial charge in [0, 0.05) is 25.7 Å². The summed E-state index contributed by atoms with van der Waals surface area (Å²) in [5.41, 5.74) is 2.74. The number of anilines is 1. The van der Waals surface area contributed by atoms with Crippen molar-refractivity contribution in [3.63, 3.8) is 0 Å². The van der Waals surface area contributed by atoms with Crippen molar-refractivity contribution in [1.82, 2.24) is 15.6 Å². The number of benzene rings is 1. The lowest BCUT2D eigenvalue weighted by atomic mass is 10.2. The van der Waals surface area contributed by atoms with E-state index in [9.17, 15) is 4.79 Å². The molecule has 0 unspecified atom stereocenters. The molecule has 1 aromatic carbocycles. The van der Waals surface area contributed by atoms with E-state index in [0.29, 0.717) is 31.4 Å². The highest BCUT2D eigenvalue weighted by atomic mass is 16.4. The summed E-state index contributed by atoms with van der Waals surface area (Å²) in [5.74, 6) is 2.14. The summed E-state index contributed by atoms with van der Waals surface area (Å²) in [6.45, 7) is 6.84. The Morgan fingerprint density at radius 2 is 2.00 bits per heavy atom. The van der Waals surface area contributed by atoms with E-state index in [-0.39, 0.29) is 5.91 Å². The quantitative estimate of drug-likeness (QED) is 0.523. The molecule has 0 atom stereocenters. The van der Waals surface area contributed by atoms with Gasteiger partial charge in [-0.15, -0.1) is 0 Å². The van der Waals surface area contributed by atoms with E-state index >= 15 is 0 Å². The molecule has 26 heavy (non-hydrogen) atoms. The zero-order valence-corrected chi connectivity index (χ0v) is 15.8. The van der Waals surface area contributed by atoms with Crippen LogP contribution in [0.3, 0.4) is 0 Å². The molecule has 0 saturated heterocycles. The number of carbonyl (C=O) groups excluding carboxylic acids is 1. The van der Waals surface area contributed by atoms with E-state index in [4.69, 9.17) is 4.42 Å². The Labute approximate surface area is 154 Å². The first-order valence-corrected chi connectivity index (χ1v) is 8.78. The Hall–Kier alpha value is -2.83. The van der Waals surface area contributed by atoms with Crippen LogP contribution in [0.15, 0.2) is 33.7 Å². The van der Waals surface area contributed by atoms with Crippen LogP contribution in [-0.2, 0) is 17.9 Å². The molecule has 1 heterocycles. The van der Waals surface area contributed by atoms with Gasteiger partial charge >= 0.3 is 0 Å². The third-order valence-corrected chi connectivity index (χ3v) is 3.85. The maximum atomic E-state index is 11.7. The Bertz CT molecular complexity index is 748. The summed E-state index contributed by atoms with van der Waals surface area (Å²) in [5, 5.41) is 9.32. The van der Waals surface area contributed by atoms with Gasteiger partial charge in [0.25, 0.3) is 0 Å². The van der Waals surface area contributed by atoms with Crippen LogP contribution in [0.4, 0.5) is 5.69 Å². The van der Waals surface area contributed by atoms with Crippen LogP contribution < -0.4 is 16.0 Å². The lowest BCUT2D eigenvalue weighted by Crippen LogP contribution is -2.36. The zero-order valence-electron chi connectivity index (χ0n) is 15.8. The molecular weight excluding hydrogens is 330 g/mol. The van der Waals surface area contributed by atoms with Crippen molar-refractivity contribution >= 4 is 17.6 Å².